The van der Waals surface area contributed by atoms with Crippen LogP contribution >= 0.6 is 11.8 Å². The minimum absolute atomic E-state index is 0.0653. The van der Waals surface area contributed by atoms with E-state index in [1.54, 1.807) is 10.6 Å². The monoisotopic (exact) mass is 399 g/mol. The second-order valence-electron chi connectivity index (χ2n) is 7.07. The van der Waals surface area contributed by atoms with Crippen LogP contribution in [0.3, 0.4) is 0 Å². The number of nitrogens with one attached hydrogen (secondary N) is 1. The van der Waals surface area contributed by atoms with E-state index in [1.807, 2.05) is 35.6 Å². The first-order valence-corrected chi connectivity index (χ1v) is 10.2. The molecule has 148 valence electrons. The van der Waals surface area contributed by atoms with E-state index in [0.29, 0.717) is 35.3 Å². The maximum Gasteiger partial charge on any atom is 0.262 e. The van der Waals surface area contributed by atoms with Gasteiger partial charge in [0, 0.05) is 13.1 Å². The summed E-state index contributed by atoms with van der Waals surface area (Å²) in [6, 6.07) is 7.43. The molecule has 0 radical (unpaired) electrons. The second kappa shape index (κ2) is 8.60. The van der Waals surface area contributed by atoms with Crippen molar-refractivity contribution in [2.45, 2.75) is 44.1 Å². The van der Waals surface area contributed by atoms with E-state index in [2.05, 4.69) is 35.9 Å². The Morgan fingerprint density at radius 1 is 1.29 bits per heavy atom. The number of aromatic nitrogens is 4. The predicted octanol–water partition coefficient (Wildman–Crippen LogP) is 2.87. The van der Waals surface area contributed by atoms with E-state index in [4.69, 9.17) is 0 Å². The zero-order valence-corrected chi connectivity index (χ0v) is 17.2. The Hall–Kier alpha value is -2.61. The Labute approximate surface area is 167 Å². The topological polar surface area (TPSA) is 81.3 Å². The van der Waals surface area contributed by atoms with Gasteiger partial charge in [0.25, 0.3) is 5.56 Å². The highest BCUT2D eigenvalue weighted by atomic mass is 32.2. The molecule has 0 aliphatic heterocycles. The van der Waals surface area contributed by atoms with Crippen molar-refractivity contribution in [2.75, 3.05) is 6.54 Å². The number of fused-ring (bicyclic) bond motifs is 3. The Kier molecular flexibility index (Phi) is 6.18. The number of hydrogen-bond acceptors (Lipinski definition) is 5. The van der Waals surface area contributed by atoms with Gasteiger partial charge >= 0.3 is 0 Å². The van der Waals surface area contributed by atoms with Gasteiger partial charge < -0.3 is 5.32 Å². The molecule has 1 atom stereocenters. The molecule has 2 heterocycles. The minimum atomic E-state index is -0.359. The zero-order chi connectivity index (χ0) is 20.3. The molecule has 0 spiro atoms. The molecule has 0 aliphatic rings. The van der Waals surface area contributed by atoms with Crippen LogP contribution in [0.15, 0.2) is 46.9 Å². The van der Waals surface area contributed by atoms with Crippen LogP contribution in [0, 0.1) is 5.92 Å². The summed E-state index contributed by atoms with van der Waals surface area (Å²) in [5.74, 6) is 0.869. The highest BCUT2D eigenvalue weighted by Gasteiger charge is 2.21. The average Bonchev–Trinajstić information content (AvgIpc) is 3.09. The van der Waals surface area contributed by atoms with Crippen LogP contribution in [-0.4, -0.2) is 36.9 Å². The molecule has 1 aromatic carbocycles. The maximum atomic E-state index is 13.0. The lowest BCUT2D eigenvalue weighted by atomic mass is 10.1. The molecule has 0 saturated carbocycles. The predicted molar refractivity (Wildman–Crippen MR) is 113 cm³/mol. The van der Waals surface area contributed by atoms with Gasteiger partial charge in [0.1, 0.15) is 0 Å². The molecule has 3 aromatic rings. The highest BCUT2D eigenvalue weighted by Crippen LogP contribution is 2.25. The van der Waals surface area contributed by atoms with Gasteiger partial charge in [-0.3, -0.25) is 18.6 Å². The van der Waals surface area contributed by atoms with Crippen LogP contribution in [0.5, 0.6) is 0 Å². The lowest BCUT2D eigenvalue weighted by molar-refractivity contribution is -0.120. The van der Waals surface area contributed by atoms with Crippen molar-refractivity contribution in [3.05, 3.63) is 47.3 Å². The number of nitrogens with zero attached hydrogens (tertiary/aromatic N) is 4. The first kappa shape index (κ1) is 20.1. The molecule has 0 bridgehead atoms. The molecule has 1 N–H and O–H groups in total. The third-order valence-corrected chi connectivity index (χ3v) is 5.52. The molecule has 0 fully saturated rings. The van der Waals surface area contributed by atoms with E-state index in [0.717, 1.165) is 11.9 Å². The summed E-state index contributed by atoms with van der Waals surface area (Å²) in [5, 5.41) is 12.2. The number of aryl methyl sites for hydroxylation is 1. The number of carbonyl (C=O) groups excluding carboxylic acids is 1. The molecule has 28 heavy (non-hydrogen) atoms. The lowest BCUT2D eigenvalue weighted by Crippen LogP contribution is -2.31. The van der Waals surface area contributed by atoms with Crippen LogP contribution in [0.4, 0.5) is 0 Å². The smallest absolute Gasteiger partial charge is 0.262 e. The van der Waals surface area contributed by atoms with E-state index in [1.165, 1.54) is 11.8 Å². The molecule has 7 nitrogen and oxygen atoms in total. The van der Waals surface area contributed by atoms with E-state index in [-0.39, 0.29) is 16.7 Å². The van der Waals surface area contributed by atoms with Crippen LogP contribution in [0.1, 0.15) is 27.2 Å². The van der Waals surface area contributed by atoms with Gasteiger partial charge in [-0.15, -0.1) is 16.8 Å². The first-order chi connectivity index (χ1) is 13.4. The highest BCUT2D eigenvalue weighted by molar-refractivity contribution is 8.00. The number of hydrogen-bond donors (Lipinski definition) is 1. The quantitative estimate of drug-likeness (QED) is 0.465. The van der Waals surface area contributed by atoms with E-state index >= 15 is 0 Å². The average molecular weight is 400 g/mol. The minimum Gasteiger partial charge on any atom is -0.352 e. The van der Waals surface area contributed by atoms with E-state index in [9.17, 15) is 9.59 Å². The summed E-state index contributed by atoms with van der Waals surface area (Å²) in [6.45, 7) is 10.7. The number of thioether (sulfide) groups is 1. The lowest BCUT2D eigenvalue weighted by Gasteiger charge is -2.13. The number of carbonyl (C=O) groups is 1. The van der Waals surface area contributed by atoms with Crippen LogP contribution in [-0.2, 0) is 11.3 Å². The summed E-state index contributed by atoms with van der Waals surface area (Å²) in [4.78, 5) is 25.2. The molecule has 0 aliphatic carbocycles. The van der Waals surface area contributed by atoms with Gasteiger partial charge in [0.05, 0.1) is 16.2 Å². The van der Waals surface area contributed by atoms with E-state index < -0.39 is 0 Å². The van der Waals surface area contributed by atoms with Crippen molar-refractivity contribution in [1.82, 2.24) is 24.5 Å². The zero-order valence-electron chi connectivity index (χ0n) is 16.4. The first-order valence-electron chi connectivity index (χ1n) is 9.36. The Morgan fingerprint density at radius 2 is 2.04 bits per heavy atom. The molecule has 8 heteroatoms. The van der Waals surface area contributed by atoms with Crippen LogP contribution < -0.4 is 10.9 Å². The third kappa shape index (κ3) is 3.96. The summed E-state index contributed by atoms with van der Waals surface area (Å²) in [7, 11) is 0. The van der Waals surface area contributed by atoms with Gasteiger partial charge in [-0.1, -0.05) is 43.8 Å². The van der Waals surface area contributed by atoms with Gasteiger partial charge in [0.2, 0.25) is 11.7 Å². The van der Waals surface area contributed by atoms with Crippen molar-refractivity contribution < 1.29 is 4.79 Å². The molecular formula is C20H25N5O2S. The van der Waals surface area contributed by atoms with Crippen molar-refractivity contribution in [3.63, 3.8) is 0 Å². The van der Waals surface area contributed by atoms with Gasteiger partial charge in [-0.25, -0.2) is 0 Å². The SMILES string of the molecule is C=CCNC(=O)C(C)Sc1nnc2n(CCC(C)C)c(=O)c3ccccc3n12. The molecular weight excluding hydrogens is 374 g/mol. The van der Waals surface area contributed by atoms with Crippen LogP contribution in [0.25, 0.3) is 16.7 Å². The number of rotatable bonds is 8. The fourth-order valence-electron chi connectivity index (χ4n) is 2.93. The standard InChI is InChI=1S/C20H25N5O2S/c1-5-11-21-17(26)14(4)28-20-23-22-19-24(12-10-13(2)3)18(27)15-8-6-7-9-16(15)25(19)20/h5-9,13-14H,1,10-12H2,2-4H3,(H,21,26). The molecule has 0 saturated heterocycles. The van der Waals surface area contributed by atoms with Crippen molar-refractivity contribution in [2.24, 2.45) is 5.92 Å². The molecule has 2 aromatic heterocycles. The Bertz CT molecular complexity index is 1070. The Balaban J connectivity index is 2.09. The van der Waals surface area contributed by atoms with Crippen molar-refractivity contribution >= 4 is 34.3 Å². The summed E-state index contributed by atoms with van der Waals surface area (Å²) in [6.07, 6.45) is 2.51. The normalized spacial score (nSPS) is 12.6. The maximum absolute atomic E-state index is 13.0. The number of benzene rings is 1. The second-order valence-corrected chi connectivity index (χ2v) is 8.38. The largest absolute Gasteiger partial charge is 0.352 e. The van der Waals surface area contributed by atoms with Crippen molar-refractivity contribution in [1.29, 1.82) is 0 Å². The Morgan fingerprint density at radius 3 is 2.75 bits per heavy atom. The summed E-state index contributed by atoms with van der Waals surface area (Å²) in [5.41, 5.74) is 0.680. The molecule has 1 unspecified atom stereocenters. The van der Waals surface area contributed by atoms with Gasteiger partial charge in [0.15, 0.2) is 5.16 Å². The fourth-order valence-corrected chi connectivity index (χ4v) is 3.81. The van der Waals surface area contributed by atoms with Gasteiger partial charge in [-0.05, 0) is 31.4 Å². The van der Waals surface area contributed by atoms with Crippen LogP contribution in [0.2, 0.25) is 0 Å². The molecule has 1 amide bonds. The summed E-state index contributed by atoms with van der Waals surface area (Å²) < 4.78 is 3.56. The number of para-hydroxylation sites is 1. The fraction of sp³-hybridized carbons (Fsp3) is 0.400. The third-order valence-electron chi connectivity index (χ3n) is 4.48. The molecule has 3 rings (SSSR count). The summed E-state index contributed by atoms with van der Waals surface area (Å²) >= 11 is 1.32. The number of amides is 1. The van der Waals surface area contributed by atoms with Gasteiger partial charge in [-0.2, -0.15) is 0 Å². The van der Waals surface area contributed by atoms with Crippen molar-refractivity contribution in [3.8, 4) is 0 Å².